The fourth-order valence-electron chi connectivity index (χ4n) is 3.95. The molecule has 2 nitrogen and oxygen atoms in total. The SMILES string of the molecule is Cc1sc2c(CC(=O)c3cccs3)c3c(Cl)c(C)sc3c(CC(=O)c3cccs3)c2c1Cl. The Labute approximate surface area is 211 Å². The molecule has 0 bridgehead atoms. The van der Waals surface area contributed by atoms with E-state index in [0.717, 1.165) is 50.8 Å². The van der Waals surface area contributed by atoms with E-state index in [9.17, 15) is 9.59 Å². The number of fused-ring (bicyclic) bond motifs is 2. The van der Waals surface area contributed by atoms with Crippen LogP contribution in [0.2, 0.25) is 10.0 Å². The van der Waals surface area contributed by atoms with E-state index in [-0.39, 0.29) is 24.4 Å². The molecule has 4 aromatic heterocycles. The second kappa shape index (κ2) is 8.67. The van der Waals surface area contributed by atoms with Gasteiger partial charge in [0.1, 0.15) is 0 Å². The lowest BCUT2D eigenvalue weighted by molar-refractivity contribution is 0.0989. The van der Waals surface area contributed by atoms with Gasteiger partial charge in [-0.05, 0) is 47.9 Å². The van der Waals surface area contributed by atoms with Gasteiger partial charge in [0.15, 0.2) is 11.6 Å². The Morgan fingerprint density at radius 2 is 1.16 bits per heavy atom. The first-order chi connectivity index (χ1) is 15.4. The molecule has 4 heterocycles. The Morgan fingerprint density at radius 1 is 0.750 bits per heavy atom. The van der Waals surface area contributed by atoms with Gasteiger partial charge in [0.05, 0.1) is 19.8 Å². The molecule has 0 spiro atoms. The number of aryl methyl sites for hydroxylation is 2. The Balaban J connectivity index is 1.78. The third-order valence-electron chi connectivity index (χ3n) is 5.44. The molecule has 0 unspecified atom stereocenters. The highest BCUT2D eigenvalue weighted by atomic mass is 35.5. The summed E-state index contributed by atoms with van der Waals surface area (Å²) in [5.41, 5.74) is 1.82. The van der Waals surface area contributed by atoms with Crippen LogP contribution < -0.4 is 0 Å². The number of rotatable bonds is 6. The number of Topliss-reactive ketones (excluding diaryl/α,β-unsaturated/α-hetero) is 2. The molecule has 162 valence electrons. The number of benzene rings is 1. The van der Waals surface area contributed by atoms with Gasteiger partial charge in [0.25, 0.3) is 0 Å². The van der Waals surface area contributed by atoms with Crippen LogP contribution in [0.1, 0.15) is 40.2 Å². The summed E-state index contributed by atoms with van der Waals surface area (Å²) >= 11 is 19.6. The van der Waals surface area contributed by atoms with Gasteiger partial charge in [0.2, 0.25) is 0 Å². The van der Waals surface area contributed by atoms with Crippen LogP contribution in [0.3, 0.4) is 0 Å². The number of ketones is 2. The molecule has 8 heteroatoms. The summed E-state index contributed by atoms with van der Waals surface area (Å²) < 4.78 is 1.91. The number of halogens is 2. The van der Waals surface area contributed by atoms with Gasteiger partial charge >= 0.3 is 0 Å². The van der Waals surface area contributed by atoms with E-state index in [1.807, 2.05) is 48.9 Å². The lowest BCUT2D eigenvalue weighted by atomic mass is 9.95. The zero-order valence-electron chi connectivity index (χ0n) is 17.1. The van der Waals surface area contributed by atoms with Gasteiger partial charge in [-0.1, -0.05) is 35.3 Å². The van der Waals surface area contributed by atoms with Gasteiger partial charge < -0.3 is 0 Å². The smallest absolute Gasteiger partial charge is 0.177 e. The van der Waals surface area contributed by atoms with Crippen LogP contribution in [0, 0.1) is 13.8 Å². The van der Waals surface area contributed by atoms with Gasteiger partial charge in [-0.15, -0.1) is 45.3 Å². The first-order valence-corrected chi connectivity index (χ1v) is 14.0. The molecule has 0 N–H and O–H groups in total. The average molecular weight is 536 g/mol. The summed E-state index contributed by atoms with van der Waals surface area (Å²) in [6.45, 7) is 3.95. The molecule has 0 atom stereocenters. The number of hydrogen-bond acceptors (Lipinski definition) is 6. The van der Waals surface area contributed by atoms with Crippen molar-refractivity contribution < 1.29 is 9.59 Å². The fraction of sp³-hybridized carbons (Fsp3) is 0.167. The quantitative estimate of drug-likeness (QED) is 0.203. The summed E-state index contributed by atoms with van der Waals surface area (Å²) in [7, 11) is 0. The van der Waals surface area contributed by atoms with E-state index >= 15 is 0 Å². The van der Waals surface area contributed by atoms with Crippen LogP contribution in [-0.2, 0) is 12.8 Å². The van der Waals surface area contributed by atoms with Crippen molar-refractivity contribution in [1.82, 2.24) is 0 Å². The predicted octanol–water partition coefficient (Wildman–Crippen LogP) is 9.01. The lowest BCUT2D eigenvalue weighted by Crippen LogP contribution is -2.05. The van der Waals surface area contributed by atoms with Crippen molar-refractivity contribution >= 4 is 100 Å². The third kappa shape index (κ3) is 3.67. The van der Waals surface area contributed by atoms with Crippen LogP contribution >= 0.6 is 68.5 Å². The molecular formula is C24H16Cl2O2S4. The topological polar surface area (TPSA) is 34.1 Å². The minimum absolute atomic E-state index is 0.0621. The first kappa shape index (κ1) is 22.3. The van der Waals surface area contributed by atoms with Crippen LogP contribution in [-0.4, -0.2) is 11.6 Å². The van der Waals surface area contributed by atoms with E-state index in [1.54, 1.807) is 22.7 Å². The number of thiophene rings is 4. The predicted molar refractivity (Wildman–Crippen MR) is 141 cm³/mol. The molecule has 0 saturated carbocycles. The first-order valence-electron chi connectivity index (χ1n) is 9.81. The van der Waals surface area contributed by atoms with E-state index in [0.29, 0.717) is 10.0 Å². The van der Waals surface area contributed by atoms with Crippen molar-refractivity contribution in [2.24, 2.45) is 0 Å². The van der Waals surface area contributed by atoms with Gasteiger partial charge in [-0.2, -0.15) is 0 Å². The van der Waals surface area contributed by atoms with E-state index in [1.165, 1.54) is 22.7 Å². The molecule has 5 rings (SSSR count). The van der Waals surface area contributed by atoms with Crippen molar-refractivity contribution in [1.29, 1.82) is 0 Å². The largest absolute Gasteiger partial charge is 0.293 e. The maximum Gasteiger partial charge on any atom is 0.177 e. The van der Waals surface area contributed by atoms with E-state index in [4.69, 9.17) is 23.2 Å². The fourth-order valence-corrected chi connectivity index (χ4v) is 8.28. The van der Waals surface area contributed by atoms with E-state index < -0.39 is 0 Å². The molecule has 0 aliphatic rings. The van der Waals surface area contributed by atoms with Crippen molar-refractivity contribution in [2.45, 2.75) is 26.7 Å². The van der Waals surface area contributed by atoms with Crippen LogP contribution in [0.4, 0.5) is 0 Å². The van der Waals surface area contributed by atoms with Crippen LogP contribution in [0.25, 0.3) is 20.2 Å². The Hall–Kier alpha value is -1.54. The molecule has 0 amide bonds. The molecule has 5 aromatic rings. The van der Waals surface area contributed by atoms with Crippen molar-refractivity contribution in [3.8, 4) is 0 Å². The number of carbonyl (C=O) groups is 2. The molecule has 0 saturated heterocycles. The second-order valence-corrected chi connectivity index (χ2v) is 12.6. The molecule has 0 aliphatic carbocycles. The monoisotopic (exact) mass is 534 g/mol. The molecule has 32 heavy (non-hydrogen) atoms. The highest BCUT2D eigenvalue weighted by molar-refractivity contribution is 7.22. The Morgan fingerprint density at radius 3 is 1.50 bits per heavy atom. The maximum atomic E-state index is 13.1. The Bertz CT molecular complexity index is 1370. The van der Waals surface area contributed by atoms with Gasteiger partial charge in [-0.3, -0.25) is 9.59 Å². The summed E-state index contributed by atoms with van der Waals surface area (Å²) in [4.78, 5) is 29.6. The van der Waals surface area contributed by atoms with Crippen molar-refractivity contribution in [2.75, 3.05) is 0 Å². The Kier molecular flexibility index (Phi) is 6.03. The summed E-state index contributed by atoms with van der Waals surface area (Å²) in [5.74, 6) is 0.124. The van der Waals surface area contributed by atoms with Gasteiger partial charge in [0, 0.05) is 42.8 Å². The summed E-state index contributed by atoms with van der Waals surface area (Å²) in [5, 5.41) is 6.91. The normalized spacial score (nSPS) is 11.6. The minimum Gasteiger partial charge on any atom is -0.293 e. The molecule has 0 radical (unpaired) electrons. The minimum atomic E-state index is 0.0621. The summed E-state index contributed by atoms with van der Waals surface area (Å²) in [6.07, 6.45) is 0.498. The third-order valence-corrected chi connectivity index (χ3v) is 10.8. The summed E-state index contributed by atoms with van der Waals surface area (Å²) in [6, 6.07) is 7.47. The lowest BCUT2D eigenvalue weighted by Gasteiger charge is -2.11. The maximum absolute atomic E-state index is 13.1. The van der Waals surface area contributed by atoms with Crippen LogP contribution in [0.5, 0.6) is 0 Å². The molecule has 1 aromatic carbocycles. The molecule has 0 fully saturated rings. The zero-order valence-corrected chi connectivity index (χ0v) is 21.9. The highest BCUT2D eigenvalue weighted by Crippen LogP contribution is 2.49. The standard InChI is InChI=1S/C24H16Cl2O2S4/c1-11-21(25)19-13(9-15(27)17-5-3-7-29-17)24-20(22(26)12(2)32-24)14(23(19)31-11)10-16(28)18-6-4-8-30-18/h3-8H,9-10H2,1-2H3. The van der Waals surface area contributed by atoms with Crippen LogP contribution in [0.15, 0.2) is 35.0 Å². The van der Waals surface area contributed by atoms with Crippen molar-refractivity contribution in [3.63, 3.8) is 0 Å². The zero-order chi connectivity index (χ0) is 22.6. The van der Waals surface area contributed by atoms with Crippen molar-refractivity contribution in [3.05, 3.63) is 75.7 Å². The number of hydrogen-bond donors (Lipinski definition) is 0. The second-order valence-electron chi connectivity index (χ2n) is 7.46. The highest BCUT2D eigenvalue weighted by Gasteiger charge is 2.26. The number of carbonyl (C=O) groups excluding carboxylic acids is 2. The van der Waals surface area contributed by atoms with Gasteiger partial charge in [-0.25, -0.2) is 0 Å². The van der Waals surface area contributed by atoms with E-state index in [2.05, 4.69) is 0 Å². The molecule has 0 aliphatic heterocycles. The molecular weight excluding hydrogens is 519 g/mol. The average Bonchev–Trinajstić information content (AvgIpc) is 3.55.